The Morgan fingerprint density at radius 3 is 2.45 bits per heavy atom. The van der Waals surface area contributed by atoms with E-state index in [-0.39, 0.29) is 23.0 Å². The number of benzene rings is 2. The summed E-state index contributed by atoms with van der Waals surface area (Å²) in [4.78, 5) is 13.7. The molecule has 0 saturated carbocycles. The number of hydrogen-bond donors (Lipinski definition) is 3. The van der Waals surface area contributed by atoms with Crippen LogP contribution in [-0.4, -0.2) is 23.2 Å². The number of carbonyl (C=O) groups is 1. The van der Waals surface area contributed by atoms with Crippen molar-refractivity contribution in [1.82, 2.24) is 0 Å². The van der Waals surface area contributed by atoms with Gasteiger partial charge in [0.2, 0.25) is 0 Å². The smallest absolute Gasteiger partial charge is 0.258 e. The van der Waals surface area contributed by atoms with E-state index in [1.54, 1.807) is 25.2 Å². The number of phenols is 2. The summed E-state index contributed by atoms with van der Waals surface area (Å²) in [5.41, 5.74) is 7.15. The molecule has 4 N–H and O–H groups in total. The van der Waals surface area contributed by atoms with Crippen LogP contribution < -0.4 is 10.6 Å². The first-order valence-electron chi connectivity index (χ1n) is 5.75. The van der Waals surface area contributed by atoms with E-state index >= 15 is 0 Å². The zero-order valence-corrected chi connectivity index (χ0v) is 12.3. The summed E-state index contributed by atoms with van der Waals surface area (Å²) in [7, 11) is 1.59. The molecule has 0 aromatic heterocycles. The Hall–Kier alpha value is -2.21. The van der Waals surface area contributed by atoms with Crippen LogP contribution in [0.3, 0.4) is 0 Å². The first-order chi connectivity index (χ1) is 9.40. The van der Waals surface area contributed by atoms with E-state index in [1.165, 1.54) is 23.1 Å². The van der Waals surface area contributed by atoms with Gasteiger partial charge in [-0.05, 0) is 36.4 Å². The lowest BCUT2D eigenvalue weighted by molar-refractivity contribution is 0.0992. The highest BCUT2D eigenvalue weighted by Gasteiger charge is 2.17. The molecule has 104 valence electrons. The predicted molar refractivity (Wildman–Crippen MR) is 81.1 cm³/mol. The van der Waals surface area contributed by atoms with Gasteiger partial charge in [0.05, 0.1) is 11.4 Å². The van der Waals surface area contributed by atoms with Crippen molar-refractivity contribution in [3.8, 4) is 11.5 Å². The van der Waals surface area contributed by atoms with Crippen molar-refractivity contribution in [2.24, 2.45) is 0 Å². The van der Waals surface area contributed by atoms with Crippen LogP contribution in [0.15, 0.2) is 40.9 Å². The van der Waals surface area contributed by atoms with Crippen molar-refractivity contribution in [1.29, 1.82) is 0 Å². The molecule has 0 aliphatic carbocycles. The molecular weight excluding hydrogens is 324 g/mol. The normalized spacial score (nSPS) is 10.3. The predicted octanol–water partition coefficient (Wildman–Crippen LogP) is 2.72. The Labute approximate surface area is 124 Å². The van der Waals surface area contributed by atoms with Gasteiger partial charge in [0.25, 0.3) is 5.91 Å². The molecule has 5 nitrogen and oxygen atoms in total. The zero-order valence-electron chi connectivity index (χ0n) is 10.7. The average Bonchev–Trinajstić information content (AvgIpc) is 2.40. The van der Waals surface area contributed by atoms with Gasteiger partial charge in [-0.3, -0.25) is 4.79 Å². The van der Waals surface area contributed by atoms with Crippen LogP contribution >= 0.6 is 15.9 Å². The molecule has 0 unspecified atom stereocenters. The van der Waals surface area contributed by atoms with Crippen LogP contribution in [0.5, 0.6) is 11.5 Å². The minimum Gasteiger partial charge on any atom is -0.504 e. The van der Waals surface area contributed by atoms with Gasteiger partial charge in [-0.25, -0.2) is 0 Å². The minimum absolute atomic E-state index is 0.255. The van der Waals surface area contributed by atoms with Gasteiger partial charge in [0, 0.05) is 17.1 Å². The summed E-state index contributed by atoms with van der Waals surface area (Å²) in [5.74, 6) is -0.949. The second kappa shape index (κ2) is 5.42. The highest BCUT2D eigenvalue weighted by atomic mass is 79.9. The maximum absolute atomic E-state index is 12.3. The second-order valence-electron chi connectivity index (χ2n) is 4.27. The van der Waals surface area contributed by atoms with Gasteiger partial charge in [-0.15, -0.1) is 0 Å². The van der Waals surface area contributed by atoms with E-state index in [0.717, 1.165) is 4.47 Å². The topological polar surface area (TPSA) is 86.8 Å². The number of nitrogens with two attached hydrogens (primary N) is 1. The first-order valence-corrected chi connectivity index (χ1v) is 6.54. The van der Waals surface area contributed by atoms with Crippen LogP contribution in [0, 0.1) is 0 Å². The fourth-order valence-electron chi connectivity index (χ4n) is 1.79. The van der Waals surface area contributed by atoms with Crippen LogP contribution in [-0.2, 0) is 0 Å². The monoisotopic (exact) mass is 336 g/mol. The molecular formula is C14H13BrN2O3. The molecule has 0 aliphatic heterocycles. The Morgan fingerprint density at radius 2 is 1.85 bits per heavy atom. The lowest BCUT2D eigenvalue weighted by Gasteiger charge is -2.19. The number of halogens is 1. The molecule has 20 heavy (non-hydrogen) atoms. The SMILES string of the molecule is CN(C(=O)c1ccc(O)c(O)c1)c1ccc(Br)cc1N. The molecule has 0 fully saturated rings. The van der Waals surface area contributed by atoms with Crippen LogP contribution in [0.1, 0.15) is 10.4 Å². The van der Waals surface area contributed by atoms with Crippen LogP contribution in [0.2, 0.25) is 0 Å². The molecule has 2 aromatic carbocycles. The lowest BCUT2D eigenvalue weighted by Crippen LogP contribution is -2.26. The zero-order chi connectivity index (χ0) is 14.9. The fraction of sp³-hybridized carbons (Fsp3) is 0.0714. The number of hydrogen-bond acceptors (Lipinski definition) is 4. The van der Waals surface area contributed by atoms with Crippen molar-refractivity contribution in [3.05, 3.63) is 46.4 Å². The molecule has 0 heterocycles. The largest absolute Gasteiger partial charge is 0.504 e. The summed E-state index contributed by atoms with van der Waals surface area (Å²) in [6.45, 7) is 0. The summed E-state index contributed by atoms with van der Waals surface area (Å²) in [6.07, 6.45) is 0. The molecule has 0 saturated heterocycles. The Morgan fingerprint density at radius 1 is 1.15 bits per heavy atom. The Bertz CT molecular complexity index is 673. The van der Waals surface area contributed by atoms with E-state index < -0.39 is 0 Å². The number of aromatic hydroxyl groups is 2. The third-order valence-electron chi connectivity index (χ3n) is 2.88. The first kappa shape index (κ1) is 14.2. The van der Waals surface area contributed by atoms with E-state index in [0.29, 0.717) is 11.4 Å². The number of carbonyl (C=O) groups excluding carboxylic acids is 1. The number of nitrogens with zero attached hydrogens (tertiary/aromatic N) is 1. The number of phenolic OH excluding ortho intramolecular Hbond substituents is 2. The van der Waals surface area contributed by atoms with Crippen LogP contribution in [0.25, 0.3) is 0 Å². The fourth-order valence-corrected chi connectivity index (χ4v) is 2.17. The van der Waals surface area contributed by atoms with Crippen molar-refractivity contribution in [3.63, 3.8) is 0 Å². The van der Waals surface area contributed by atoms with Gasteiger partial charge in [0.1, 0.15) is 0 Å². The van der Waals surface area contributed by atoms with Gasteiger partial charge < -0.3 is 20.8 Å². The second-order valence-corrected chi connectivity index (χ2v) is 5.19. The molecule has 2 rings (SSSR count). The molecule has 0 atom stereocenters. The van der Waals surface area contributed by atoms with E-state index in [1.807, 2.05) is 0 Å². The standard InChI is InChI=1S/C14H13BrN2O3/c1-17(11-4-3-9(15)7-10(11)16)14(20)8-2-5-12(18)13(19)6-8/h2-7,18-19H,16H2,1H3. The van der Waals surface area contributed by atoms with Crippen molar-refractivity contribution in [2.45, 2.75) is 0 Å². The summed E-state index contributed by atoms with van der Waals surface area (Å²) < 4.78 is 0.821. The van der Waals surface area contributed by atoms with Gasteiger partial charge in [-0.1, -0.05) is 15.9 Å². The van der Waals surface area contributed by atoms with Crippen molar-refractivity contribution >= 4 is 33.2 Å². The van der Waals surface area contributed by atoms with Gasteiger partial charge in [0.15, 0.2) is 11.5 Å². The van der Waals surface area contributed by atoms with Crippen molar-refractivity contribution < 1.29 is 15.0 Å². The average molecular weight is 337 g/mol. The summed E-state index contributed by atoms with van der Waals surface area (Å²) in [6, 6.07) is 9.11. The van der Waals surface area contributed by atoms with Crippen LogP contribution in [0.4, 0.5) is 11.4 Å². The van der Waals surface area contributed by atoms with Gasteiger partial charge >= 0.3 is 0 Å². The number of rotatable bonds is 2. The lowest BCUT2D eigenvalue weighted by atomic mass is 10.1. The van der Waals surface area contributed by atoms with E-state index in [9.17, 15) is 15.0 Å². The highest BCUT2D eigenvalue weighted by molar-refractivity contribution is 9.10. The third-order valence-corrected chi connectivity index (χ3v) is 3.37. The maximum atomic E-state index is 12.3. The Balaban J connectivity index is 2.34. The maximum Gasteiger partial charge on any atom is 0.258 e. The van der Waals surface area contributed by atoms with E-state index in [2.05, 4.69) is 15.9 Å². The number of anilines is 2. The summed E-state index contributed by atoms with van der Waals surface area (Å²) >= 11 is 3.30. The Kier molecular flexibility index (Phi) is 3.85. The number of amides is 1. The van der Waals surface area contributed by atoms with Gasteiger partial charge in [-0.2, -0.15) is 0 Å². The summed E-state index contributed by atoms with van der Waals surface area (Å²) in [5, 5.41) is 18.7. The third kappa shape index (κ3) is 2.70. The molecule has 2 aromatic rings. The molecule has 6 heteroatoms. The minimum atomic E-state index is -0.340. The molecule has 0 spiro atoms. The molecule has 0 bridgehead atoms. The number of nitrogen functional groups attached to an aromatic ring is 1. The highest BCUT2D eigenvalue weighted by Crippen LogP contribution is 2.29. The molecule has 0 radical (unpaired) electrons. The molecule has 0 aliphatic rings. The van der Waals surface area contributed by atoms with Crippen molar-refractivity contribution in [2.75, 3.05) is 17.7 Å². The quantitative estimate of drug-likeness (QED) is 0.581. The van der Waals surface area contributed by atoms with E-state index in [4.69, 9.17) is 5.73 Å². The molecule has 1 amide bonds.